The van der Waals surface area contributed by atoms with Crippen molar-refractivity contribution in [1.29, 1.82) is 0 Å². The first kappa shape index (κ1) is 16.0. The highest BCUT2D eigenvalue weighted by atomic mass is 16.4. The zero-order chi connectivity index (χ0) is 16.4. The van der Waals surface area contributed by atoms with Gasteiger partial charge in [-0.25, -0.2) is 0 Å². The largest absolute Gasteiger partial charge is 0.481 e. The van der Waals surface area contributed by atoms with Gasteiger partial charge in [0.1, 0.15) is 0 Å². The number of nitrogens with zero attached hydrogens (tertiary/aromatic N) is 1. The van der Waals surface area contributed by atoms with E-state index in [9.17, 15) is 14.7 Å². The van der Waals surface area contributed by atoms with Crippen molar-refractivity contribution in [2.75, 3.05) is 13.1 Å². The molecule has 124 valence electrons. The van der Waals surface area contributed by atoms with Crippen molar-refractivity contribution in [1.82, 2.24) is 4.90 Å². The molecule has 2 fully saturated rings. The number of rotatable bonds is 5. The topological polar surface area (TPSA) is 57.6 Å². The van der Waals surface area contributed by atoms with E-state index >= 15 is 0 Å². The Labute approximate surface area is 137 Å². The summed E-state index contributed by atoms with van der Waals surface area (Å²) in [5, 5.41) is 9.69. The van der Waals surface area contributed by atoms with Gasteiger partial charge in [0, 0.05) is 13.1 Å². The Hall–Kier alpha value is -1.84. The number of carbonyl (C=O) groups excluding carboxylic acids is 1. The molecule has 1 heterocycles. The molecule has 23 heavy (non-hydrogen) atoms. The lowest BCUT2D eigenvalue weighted by molar-refractivity contribution is -0.149. The molecule has 0 aromatic heterocycles. The van der Waals surface area contributed by atoms with Crippen molar-refractivity contribution >= 4 is 11.9 Å². The average molecular weight is 315 g/mol. The molecular weight excluding hydrogens is 290 g/mol. The molecule has 3 atom stereocenters. The number of carboxylic acid groups (broad SMARTS) is 1. The second-order valence-electron chi connectivity index (χ2n) is 7.02. The number of hydrogen-bond acceptors (Lipinski definition) is 2. The predicted octanol–water partition coefficient (Wildman–Crippen LogP) is 3.28. The van der Waals surface area contributed by atoms with Gasteiger partial charge in [0.2, 0.25) is 5.91 Å². The fourth-order valence-electron chi connectivity index (χ4n) is 4.43. The zero-order valence-corrected chi connectivity index (χ0v) is 13.7. The molecule has 2 aliphatic rings. The molecule has 4 nitrogen and oxygen atoms in total. The maximum atomic E-state index is 13.1. The van der Waals surface area contributed by atoms with E-state index in [0.29, 0.717) is 19.5 Å². The van der Waals surface area contributed by atoms with E-state index in [4.69, 9.17) is 0 Å². The van der Waals surface area contributed by atoms with Crippen LogP contribution >= 0.6 is 0 Å². The third-order valence-electron chi connectivity index (χ3n) is 5.69. The lowest BCUT2D eigenvalue weighted by Gasteiger charge is -2.26. The summed E-state index contributed by atoms with van der Waals surface area (Å²) in [7, 11) is 0. The van der Waals surface area contributed by atoms with Gasteiger partial charge in [0.15, 0.2) is 0 Å². The van der Waals surface area contributed by atoms with Gasteiger partial charge in [0.05, 0.1) is 11.3 Å². The summed E-state index contributed by atoms with van der Waals surface area (Å²) in [4.78, 5) is 26.7. The minimum Gasteiger partial charge on any atom is -0.481 e. The van der Waals surface area contributed by atoms with Crippen molar-refractivity contribution in [3.05, 3.63) is 35.9 Å². The zero-order valence-electron chi connectivity index (χ0n) is 13.7. The third kappa shape index (κ3) is 2.75. The van der Waals surface area contributed by atoms with Crippen LogP contribution in [-0.4, -0.2) is 35.0 Å². The molecule has 1 amide bonds. The highest BCUT2D eigenvalue weighted by Gasteiger charge is 2.56. The van der Waals surface area contributed by atoms with Crippen molar-refractivity contribution in [3.63, 3.8) is 0 Å². The molecule has 3 rings (SSSR count). The van der Waals surface area contributed by atoms with Crippen LogP contribution in [0.2, 0.25) is 0 Å². The number of likely N-dealkylation sites (tertiary alicyclic amines) is 1. The molecular formula is C19H25NO3. The van der Waals surface area contributed by atoms with Crippen LogP contribution in [0.25, 0.3) is 0 Å². The summed E-state index contributed by atoms with van der Waals surface area (Å²) >= 11 is 0. The molecule has 0 spiro atoms. The minimum absolute atomic E-state index is 0.105. The standard InChI is InChI=1S/C19H25NO3/c1-2-7-16(14-8-4-3-5-9-14)17(21)20-12-15-10-6-11-19(15,13-20)18(22)23/h3-5,8-9,15-16H,2,6-7,10-13H2,1H3,(H,22,23)/t15-,16?,19+/m0/s1. The molecule has 1 aliphatic heterocycles. The maximum absolute atomic E-state index is 13.1. The minimum atomic E-state index is -0.720. The van der Waals surface area contributed by atoms with E-state index in [0.717, 1.165) is 31.2 Å². The monoisotopic (exact) mass is 315 g/mol. The first-order chi connectivity index (χ1) is 11.1. The van der Waals surface area contributed by atoms with Crippen LogP contribution in [0, 0.1) is 11.3 Å². The van der Waals surface area contributed by atoms with Gasteiger partial charge in [0.25, 0.3) is 0 Å². The van der Waals surface area contributed by atoms with Gasteiger partial charge in [-0.15, -0.1) is 0 Å². The Balaban J connectivity index is 1.81. The molecule has 1 aromatic rings. The van der Waals surface area contributed by atoms with Crippen LogP contribution in [0.3, 0.4) is 0 Å². The molecule has 0 bridgehead atoms. The third-order valence-corrected chi connectivity index (χ3v) is 5.69. The lowest BCUT2D eigenvalue weighted by atomic mass is 9.81. The number of aliphatic carboxylic acids is 1. The van der Waals surface area contributed by atoms with E-state index in [2.05, 4.69) is 6.92 Å². The van der Waals surface area contributed by atoms with Gasteiger partial charge in [-0.1, -0.05) is 50.1 Å². The van der Waals surface area contributed by atoms with Crippen molar-refractivity contribution < 1.29 is 14.7 Å². The van der Waals surface area contributed by atoms with Gasteiger partial charge < -0.3 is 10.0 Å². The number of amides is 1. The molecule has 1 N–H and O–H groups in total. The van der Waals surface area contributed by atoms with E-state index in [1.165, 1.54) is 0 Å². The number of benzene rings is 1. The number of carboxylic acids is 1. The summed E-state index contributed by atoms with van der Waals surface area (Å²) < 4.78 is 0. The molecule has 1 saturated heterocycles. The average Bonchev–Trinajstić information content (AvgIpc) is 3.11. The first-order valence-corrected chi connectivity index (χ1v) is 8.65. The number of hydrogen-bond donors (Lipinski definition) is 1. The Kier molecular flexibility index (Phi) is 4.42. The summed E-state index contributed by atoms with van der Waals surface area (Å²) in [5.41, 5.74) is 0.351. The van der Waals surface area contributed by atoms with Crippen LogP contribution in [0.15, 0.2) is 30.3 Å². The normalized spacial score (nSPS) is 27.7. The van der Waals surface area contributed by atoms with Crippen molar-refractivity contribution in [2.24, 2.45) is 11.3 Å². The summed E-state index contributed by atoms with van der Waals surface area (Å²) in [6, 6.07) is 9.88. The van der Waals surface area contributed by atoms with E-state index < -0.39 is 11.4 Å². The Bertz CT molecular complexity index is 586. The summed E-state index contributed by atoms with van der Waals surface area (Å²) in [6.07, 6.45) is 4.35. The molecule has 4 heteroatoms. The van der Waals surface area contributed by atoms with Crippen LogP contribution in [-0.2, 0) is 9.59 Å². The van der Waals surface area contributed by atoms with Crippen LogP contribution in [0.1, 0.15) is 50.5 Å². The predicted molar refractivity (Wildman–Crippen MR) is 88.1 cm³/mol. The molecule has 1 aromatic carbocycles. The number of fused-ring (bicyclic) bond motifs is 1. The molecule has 1 aliphatic carbocycles. The Morgan fingerprint density at radius 2 is 2.09 bits per heavy atom. The van der Waals surface area contributed by atoms with E-state index in [1.54, 1.807) is 0 Å². The van der Waals surface area contributed by atoms with Gasteiger partial charge in [-0.3, -0.25) is 9.59 Å². The second-order valence-corrected chi connectivity index (χ2v) is 7.02. The van der Waals surface area contributed by atoms with Gasteiger partial charge >= 0.3 is 5.97 Å². The van der Waals surface area contributed by atoms with Crippen molar-refractivity contribution in [3.8, 4) is 0 Å². The Morgan fingerprint density at radius 1 is 1.35 bits per heavy atom. The van der Waals surface area contributed by atoms with Crippen LogP contribution in [0.5, 0.6) is 0 Å². The summed E-state index contributed by atoms with van der Waals surface area (Å²) in [5.74, 6) is -0.636. The van der Waals surface area contributed by atoms with E-state index in [-0.39, 0.29) is 17.7 Å². The molecule has 1 saturated carbocycles. The second kappa shape index (κ2) is 6.34. The van der Waals surface area contributed by atoms with Crippen LogP contribution in [0.4, 0.5) is 0 Å². The lowest BCUT2D eigenvalue weighted by Crippen LogP contribution is -2.38. The Morgan fingerprint density at radius 3 is 2.70 bits per heavy atom. The van der Waals surface area contributed by atoms with Crippen molar-refractivity contribution in [2.45, 2.75) is 44.9 Å². The number of carbonyl (C=O) groups is 2. The maximum Gasteiger partial charge on any atom is 0.311 e. The first-order valence-electron chi connectivity index (χ1n) is 8.65. The summed E-state index contributed by atoms with van der Waals surface area (Å²) in [6.45, 7) is 3.08. The van der Waals surface area contributed by atoms with Crippen LogP contribution < -0.4 is 0 Å². The highest BCUT2D eigenvalue weighted by molar-refractivity contribution is 5.86. The fraction of sp³-hybridized carbons (Fsp3) is 0.579. The molecule has 1 unspecified atom stereocenters. The van der Waals surface area contributed by atoms with E-state index in [1.807, 2.05) is 35.2 Å². The van der Waals surface area contributed by atoms with Gasteiger partial charge in [-0.2, -0.15) is 0 Å². The highest BCUT2D eigenvalue weighted by Crippen LogP contribution is 2.49. The van der Waals surface area contributed by atoms with Gasteiger partial charge in [-0.05, 0) is 30.7 Å². The fourth-order valence-corrected chi connectivity index (χ4v) is 4.43. The SMILES string of the molecule is CCCC(C(=O)N1C[C@@H]2CCC[C@@]2(C(=O)O)C1)c1ccccc1. The quantitative estimate of drug-likeness (QED) is 0.907. The smallest absolute Gasteiger partial charge is 0.311 e. The molecule has 0 radical (unpaired) electrons.